The van der Waals surface area contributed by atoms with E-state index in [0.717, 1.165) is 32.5 Å². The Balaban J connectivity index is 1.80. The maximum absolute atomic E-state index is 3.48. The molecule has 3 aromatic rings. The van der Waals surface area contributed by atoms with Gasteiger partial charge in [-0.3, -0.25) is 0 Å². The highest BCUT2D eigenvalue weighted by molar-refractivity contribution is 5.86. The van der Waals surface area contributed by atoms with Crippen molar-refractivity contribution in [3.63, 3.8) is 0 Å². The van der Waals surface area contributed by atoms with Crippen molar-refractivity contribution in [3.05, 3.63) is 59.8 Å². The van der Waals surface area contributed by atoms with Crippen molar-refractivity contribution in [3.8, 4) is 11.1 Å². The monoisotopic (exact) mass is 290 g/mol. The van der Waals surface area contributed by atoms with Crippen LogP contribution in [0.3, 0.4) is 0 Å². The summed E-state index contributed by atoms with van der Waals surface area (Å²) >= 11 is 0. The summed E-state index contributed by atoms with van der Waals surface area (Å²) in [6.45, 7) is 5.41. The second-order valence-corrected chi connectivity index (χ2v) is 6.11. The zero-order valence-corrected chi connectivity index (χ0v) is 13.1. The average molecular weight is 290 g/mol. The zero-order chi connectivity index (χ0) is 14.9. The summed E-state index contributed by atoms with van der Waals surface area (Å²) in [6, 6.07) is 18.2. The standard InChI is InChI=1S/C20H22N2/c1-2-15-3-5-16(6-4-15)17-7-8-18-13-19-9-10-21-11-12-22(19)20(18)14-17/h3-8,13-14,21H,2,9-12H2,1H3. The van der Waals surface area contributed by atoms with Crippen molar-refractivity contribution in [2.75, 3.05) is 13.1 Å². The molecule has 0 atom stereocenters. The Morgan fingerprint density at radius 2 is 1.77 bits per heavy atom. The van der Waals surface area contributed by atoms with Gasteiger partial charge >= 0.3 is 0 Å². The average Bonchev–Trinajstić information content (AvgIpc) is 2.75. The van der Waals surface area contributed by atoms with Crippen LogP contribution in [0.5, 0.6) is 0 Å². The summed E-state index contributed by atoms with van der Waals surface area (Å²) < 4.78 is 2.49. The first-order valence-electron chi connectivity index (χ1n) is 8.27. The van der Waals surface area contributed by atoms with E-state index in [0.29, 0.717) is 0 Å². The Morgan fingerprint density at radius 3 is 2.59 bits per heavy atom. The molecule has 2 nitrogen and oxygen atoms in total. The molecule has 0 unspecified atom stereocenters. The van der Waals surface area contributed by atoms with Gasteiger partial charge in [-0.15, -0.1) is 0 Å². The summed E-state index contributed by atoms with van der Waals surface area (Å²) in [4.78, 5) is 0. The van der Waals surface area contributed by atoms with E-state index in [2.05, 4.69) is 65.3 Å². The second kappa shape index (κ2) is 5.62. The van der Waals surface area contributed by atoms with Gasteiger partial charge in [0.05, 0.1) is 0 Å². The highest BCUT2D eigenvalue weighted by atomic mass is 15.0. The number of hydrogen-bond acceptors (Lipinski definition) is 1. The Bertz CT molecular complexity index is 796. The van der Waals surface area contributed by atoms with Crippen molar-refractivity contribution < 1.29 is 0 Å². The topological polar surface area (TPSA) is 17.0 Å². The Hall–Kier alpha value is -2.06. The fraction of sp³-hybridized carbons (Fsp3) is 0.300. The molecule has 0 amide bonds. The molecule has 112 valence electrons. The third kappa shape index (κ3) is 2.34. The van der Waals surface area contributed by atoms with Crippen LogP contribution in [0.25, 0.3) is 22.0 Å². The van der Waals surface area contributed by atoms with Gasteiger partial charge in [0.2, 0.25) is 0 Å². The van der Waals surface area contributed by atoms with Gasteiger partial charge in [0.1, 0.15) is 0 Å². The molecule has 2 heteroatoms. The molecule has 1 N–H and O–H groups in total. The highest BCUT2D eigenvalue weighted by Gasteiger charge is 2.12. The number of aryl methyl sites for hydroxylation is 1. The Morgan fingerprint density at radius 1 is 0.955 bits per heavy atom. The Kier molecular flexibility index (Phi) is 3.47. The largest absolute Gasteiger partial charge is 0.343 e. The molecular formula is C20H22N2. The third-order valence-corrected chi connectivity index (χ3v) is 4.76. The molecule has 4 rings (SSSR count). The van der Waals surface area contributed by atoms with Gasteiger partial charge < -0.3 is 9.88 Å². The summed E-state index contributed by atoms with van der Waals surface area (Å²) in [6.07, 6.45) is 2.22. The quantitative estimate of drug-likeness (QED) is 0.754. The number of nitrogens with one attached hydrogen (secondary N) is 1. The number of rotatable bonds is 2. The van der Waals surface area contributed by atoms with E-state index in [1.165, 1.54) is 33.3 Å². The van der Waals surface area contributed by atoms with Crippen molar-refractivity contribution >= 4 is 10.9 Å². The number of fused-ring (bicyclic) bond motifs is 3. The smallest absolute Gasteiger partial charge is 0.0489 e. The summed E-state index contributed by atoms with van der Waals surface area (Å²) in [5.41, 5.74) is 6.84. The molecular weight excluding hydrogens is 268 g/mol. The summed E-state index contributed by atoms with van der Waals surface area (Å²) in [5, 5.41) is 4.85. The number of hydrogen-bond donors (Lipinski definition) is 1. The number of benzene rings is 2. The third-order valence-electron chi connectivity index (χ3n) is 4.76. The minimum absolute atomic E-state index is 1.06. The molecule has 22 heavy (non-hydrogen) atoms. The summed E-state index contributed by atoms with van der Waals surface area (Å²) in [7, 11) is 0. The second-order valence-electron chi connectivity index (χ2n) is 6.11. The molecule has 2 aromatic carbocycles. The SMILES string of the molecule is CCc1ccc(-c2ccc3cc4n(c3c2)CCNCC4)cc1. The van der Waals surface area contributed by atoms with Crippen LogP contribution in [0, 0.1) is 0 Å². The first-order chi connectivity index (χ1) is 10.8. The maximum atomic E-state index is 3.48. The lowest BCUT2D eigenvalue weighted by atomic mass is 10.0. The van der Waals surface area contributed by atoms with Gasteiger partial charge in [-0.25, -0.2) is 0 Å². The van der Waals surface area contributed by atoms with Crippen LogP contribution < -0.4 is 5.32 Å². The van der Waals surface area contributed by atoms with Crippen LogP contribution in [-0.4, -0.2) is 17.7 Å². The fourth-order valence-corrected chi connectivity index (χ4v) is 3.43. The minimum Gasteiger partial charge on any atom is -0.343 e. The maximum Gasteiger partial charge on any atom is 0.0489 e. The number of nitrogens with zero attached hydrogens (tertiary/aromatic N) is 1. The lowest BCUT2D eigenvalue weighted by molar-refractivity contribution is 0.658. The molecule has 2 heterocycles. The van der Waals surface area contributed by atoms with Gasteiger partial charge in [-0.05, 0) is 40.6 Å². The minimum atomic E-state index is 1.06. The van der Waals surface area contributed by atoms with Gasteiger partial charge in [0.15, 0.2) is 0 Å². The van der Waals surface area contributed by atoms with Crippen LogP contribution in [0.1, 0.15) is 18.2 Å². The molecule has 1 aliphatic heterocycles. The molecule has 1 aromatic heterocycles. The zero-order valence-electron chi connectivity index (χ0n) is 13.1. The molecule has 1 aliphatic rings. The number of aromatic nitrogens is 1. The van der Waals surface area contributed by atoms with E-state index in [-0.39, 0.29) is 0 Å². The van der Waals surface area contributed by atoms with E-state index in [9.17, 15) is 0 Å². The van der Waals surface area contributed by atoms with Gasteiger partial charge in [0, 0.05) is 37.3 Å². The fourth-order valence-electron chi connectivity index (χ4n) is 3.43. The summed E-state index contributed by atoms with van der Waals surface area (Å²) in [5.74, 6) is 0. The molecule has 0 saturated heterocycles. The predicted molar refractivity (Wildman–Crippen MR) is 93.3 cm³/mol. The molecule has 0 aliphatic carbocycles. The van der Waals surface area contributed by atoms with Crippen LogP contribution in [0.15, 0.2) is 48.5 Å². The van der Waals surface area contributed by atoms with Crippen LogP contribution in [0.2, 0.25) is 0 Å². The van der Waals surface area contributed by atoms with E-state index in [1.54, 1.807) is 0 Å². The normalized spacial score (nSPS) is 14.8. The van der Waals surface area contributed by atoms with Gasteiger partial charge in [0.25, 0.3) is 0 Å². The van der Waals surface area contributed by atoms with Crippen molar-refractivity contribution in [2.45, 2.75) is 26.3 Å². The first-order valence-corrected chi connectivity index (χ1v) is 8.27. The molecule has 0 saturated carbocycles. The van der Waals surface area contributed by atoms with Gasteiger partial charge in [-0.2, -0.15) is 0 Å². The first kappa shape index (κ1) is 13.6. The molecule has 0 fully saturated rings. The van der Waals surface area contributed by atoms with Crippen LogP contribution in [0.4, 0.5) is 0 Å². The van der Waals surface area contributed by atoms with Crippen molar-refractivity contribution in [2.24, 2.45) is 0 Å². The lowest BCUT2D eigenvalue weighted by Crippen LogP contribution is -2.17. The van der Waals surface area contributed by atoms with Crippen molar-refractivity contribution in [1.29, 1.82) is 0 Å². The Labute approximate surface area is 131 Å². The molecule has 0 spiro atoms. The predicted octanol–water partition coefficient (Wildman–Crippen LogP) is 4.02. The van der Waals surface area contributed by atoms with Crippen molar-refractivity contribution in [1.82, 2.24) is 9.88 Å². The highest BCUT2D eigenvalue weighted by Crippen LogP contribution is 2.28. The molecule has 0 radical (unpaired) electrons. The van der Waals surface area contributed by atoms with E-state index in [4.69, 9.17) is 0 Å². The van der Waals surface area contributed by atoms with E-state index in [1.807, 2.05) is 0 Å². The molecule has 0 bridgehead atoms. The van der Waals surface area contributed by atoms with E-state index >= 15 is 0 Å². The van der Waals surface area contributed by atoms with Gasteiger partial charge in [-0.1, -0.05) is 43.3 Å². The van der Waals surface area contributed by atoms with Crippen LogP contribution in [-0.2, 0) is 19.4 Å². The van der Waals surface area contributed by atoms with E-state index < -0.39 is 0 Å². The van der Waals surface area contributed by atoms with Crippen LogP contribution >= 0.6 is 0 Å². The lowest BCUT2D eigenvalue weighted by Gasteiger charge is -2.08.